The van der Waals surface area contributed by atoms with E-state index < -0.39 is 54.1 Å². The van der Waals surface area contributed by atoms with E-state index >= 15 is 4.39 Å². The van der Waals surface area contributed by atoms with Crippen LogP contribution >= 0.6 is 15.9 Å². The van der Waals surface area contributed by atoms with Gasteiger partial charge in [-0.1, -0.05) is 28.1 Å². The minimum Gasteiger partial charge on any atom is -0.338 e. The van der Waals surface area contributed by atoms with Crippen molar-refractivity contribution in [2.45, 2.75) is 63.8 Å². The Balaban J connectivity index is 1.58. The fourth-order valence-corrected chi connectivity index (χ4v) is 5.52. The van der Waals surface area contributed by atoms with Crippen molar-refractivity contribution in [2.75, 3.05) is 12.4 Å². The largest absolute Gasteiger partial charge is 0.338 e. The number of amides is 3. The Morgan fingerprint density at radius 1 is 1.14 bits per heavy atom. The van der Waals surface area contributed by atoms with Crippen molar-refractivity contribution in [2.24, 2.45) is 0 Å². The number of hydrogen-bond donors (Lipinski definition) is 2. The first-order chi connectivity index (χ1) is 19.9. The lowest BCUT2D eigenvalue weighted by molar-refractivity contribution is -0.143. The van der Waals surface area contributed by atoms with E-state index in [1.807, 2.05) is 25.1 Å². The molecule has 3 amide bonds. The van der Waals surface area contributed by atoms with Crippen molar-refractivity contribution in [1.29, 1.82) is 0 Å². The van der Waals surface area contributed by atoms with E-state index in [0.717, 1.165) is 28.7 Å². The number of likely N-dealkylation sites (N-methyl/N-ethyl adjacent to an activating group) is 1. The van der Waals surface area contributed by atoms with Gasteiger partial charge in [0.25, 0.3) is 12.3 Å². The molecule has 0 aliphatic heterocycles. The van der Waals surface area contributed by atoms with Gasteiger partial charge in [0, 0.05) is 30.2 Å². The van der Waals surface area contributed by atoms with E-state index in [1.165, 1.54) is 36.0 Å². The standard InChI is InChI=1S/C29H30BrF4N5O3/c1-4-39-23(11-12-35-39)27(40)37-24(19-9-6-16-5-8-18(30)14-20(16)19)28(41)36-22-10-7-17(13-21(22)31)15(2)29(42)38(3)26(34)25(32)33/h5,7-8,10-15,19,24-26H,4,6,9H2,1-3H3,(H,36,41)(H,37,40)/t15?,19-,24+,26?/m1/s1. The number of nitrogens with zero attached hydrogens (tertiary/aromatic N) is 3. The Morgan fingerprint density at radius 3 is 2.55 bits per heavy atom. The van der Waals surface area contributed by atoms with Crippen LogP contribution in [-0.2, 0) is 22.6 Å². The minimum atomic E-state index is -3.38. The van der Waals surface area contributed by atoms with Crippen molar-refractivity contribution < 1.29 is 31.9 Å². The number of anilines is 1. The summed E-state index contributed by atoms with van der Waals surface area (Å²) in [6.07, 6.45) is -3.44. The van der Waals surface area contributed by atoms with Gasteiger partial charge in [-0.05, 0) is 73.7 Å². The van der Waals surface area contributed by atoms with Crippen LogP contribution in [0.1, 0.15) is 59.3 Å². The van der Waals surface area contributed by atoms with Gasteiger partial charge in [0.15, 0.2) is 0 Å². The van der Waals surface area contributed by atoms with Gasteiger partial charge >= 0.3 is 0 Å². The molecule has 0 spiro atoms. The molecule has 3 aromatic rings. The van der Waals surface area contributed by atoms with Crippen molar-refractivity contribution in [1.82, 2.24) is 20.0 Å². The molecule has 8 nitrogen and oxygen atoms in total. The van der Waals surface area contributed by atoms with Crippen LogP contribution < -0.4 is 10.6 Å². The number of rotatable bonds is 10. The van der Waals surface area contributed by atoms with E-state index in [2.05, 4.69) is 31.7 Å². The molecule has 0 fully saturated rings. The number of alkyl halides is 3. The number of aryl methyl sites for hydroxylation is 2. The summed E-state index contributed by atoms with van der Waals surface area (Å²) in [7, 11) is 0.905. The molecule has 4 rings (SSSR count). The molecule has 2 N–H and O–H groups in total. The van der Waals surface area contributed by atoms with Crippen LogP contribution in [0.15, 0.2) is 53.1 Å². The number of hydrogen-bond acceptors (Lipinski definition) is 4. The van der Waals surface area contributed by atoms with Crippen molar-refractivity contribution in [3.8, 4) is 0 Å². The Kier molecular flexibility index (Phi) is 9.70. The Bertz CT molecular complexity index is 1480. The maximum Gasteiger partial charge on any atom is 0.287 e. The quantitative estimate of drug-likeness (QED) is 0.227. The molecule has 1 aliphatic rings. The highest BCUT2D eigenvalue weighted by Gasteiger charge is 2.37. The van der Waals surface area contributed by atoms with E-state index in [1.54, 1.807) is 0 Å². The highest BCUT2D eigenvalue weighted by molar-refractivity contribution is 9.10. The number of aromatic nitrogens is 2. The van der Waals surface area contributed by atoms with Crippen LogP contribution in [0.25, 0.3) is 0 Å². The summed E-state index contributed by atoms with van der Waals surface area (Å²) in [5, 5.41) is 9.47. The third-order valence-corrected chi connectivity index (χ3v) is 7.99. The SMILES string of the molecule is CCn1nccc1C(=O)N[C@H](C(=O)Nc1ccc(C(C)C(=O)N(C)C(F)C(F)F)cc1F)[C@@H]1CCc2ccc(Br)cc21. The Hall–Kier alpha value is -3.74. The van der Waals surface area contributed by atoms with Crippen LogP contribution in [0.5, 0.6) is 0 Å². The zero-order valence-corrected chi connectivity index (χ0v) is 24.7. The molecule has 1 aliphatic carbocycles. The summed E-state index contributed by atoms with van der Waals surface area (Å²) in [5.41, 5.74) is 2.09. The molecule has 42 heavy (non-hydrogen) atoms. The summed E-state index contributed by atoms with van der Waals surface area (Å²) < 4.78 is 56.6. The second-order valence-electron chi connectivity index (χ2n) is 10.1. The lowest BCUT2D eigenvalue weighted by atomic mass is 9.92. The van der Waals surface area contributed by atoms with Gasteiger partial charge in [0.1, 0.15) is 17.6 Å². The fraction of sp³-hybridized carbons (Fsp3) is 0.379. The van der Waals surface area contributed by atoms with Crippen LogP contribution in [-0.4, -0.2) is 58.2 Å². The van der Waals surface area contributed by atoms with Crippen molar-refractivity contribution >= 4 is 39.3 Å². The minimum absolute atomic E-state index is 0.107. The first kappa shape index (κ1) is 31.2. The van der Waals surface area contributed by atoms with Crippen LogP contribution in [0.4, 0.5) is 23.2 Å². The van der Waals surface area contributed by atoms with E-state index in [4.69, 9.17) is 0 Å². The van der Waals surface area contributed by atoms with E-state index in [9.17, 15) is 27.6 Å². The number of benzene rings is 2. The highest BCUT2D eigenvalue weighted by Crippen LogP contribution is 2.38. The van der Waals surface area contributed by atoms with Crippen LogP contribution in [0.2, 0.25) is 0 Å². The molecule has 2 unspecified atom stereocenters. The molecule has 0 saturated heterocycles. The van der Waals surface area contributed by atoms with Gasteiger partial charge in [0.05, 0.1) is 11.6 Å². The molecule has 1 heterocycles. The second-order valence-corrected chi connectivity index (χ2v) is 11.0. The molecular weight excluding hydrogens is 622 g/mol. The van der Waals surface area contributed by atoms with E-state index in [0.29, 0.717) is 19.4 Å². The second kappa shape index (κ2) is 13.1. The molecule has 13 heteroatoms. The monoisotopic (exact) mass is 651 g/mol. The molecule has 0 saturated carbocycles. The maximum atomic E-state index is 15.2. The zero-order chi connectivity index (χ0) is 30.7. The van der Waals surface area contributed by atoms with Gasteiger partial charge in [-0.15, -0.1) is 0 Å². The van der Waals surface area contributed by atoms with Crippen LogP contribution in [0, 0.1) is 5.82 Å². The predicted octanol–water partition coefficient (Wildman–Crippen LogP) is 5.39. The van der Waals surface area contributed by atoms with E-state index in [-0.39, 0.29) is 21.8 Å². The molecule has 0 bridgehead atoms. The normalized spacial score (nSPS) is 16.5. The number of nitrogens with one attached hydrogen (secondary N) is 2. The zero-order valence-electron chi connectivity index (χ0n) is 23.1. The lowest BCUT2D eigenvalue weighted by Crippen LogP contribution is -2.47. The summed E-state index contributed by atoms with van der Waals surface area (Å²) >= 11 is 3.46. The Labute approximate surface area is 248 Å². The van der Waals surface area contributed by atoms with Crippen molar-refractivity contribution in [3.05, 3.63) is 81.3 Å². The van der Waals surface area contributed by atoms with Gasteiger partial charge in [-0.3, -0.25) is 19.1 Å². The first-order valence-electron chi connectivity index (χ1n) is 13.3. The van der Waals surface area contributed by atoms with Gasteiger partial charge in [-0.2, -0.15) is 5.10 Å². The average Bonchev–Trinajstić information content (AvgIpc) is 3.62. The maximum absolute atomic E-state index is 15.2. The van der Waals surface area contributed by atoms with Gasteiger partial charge in [-0.25, -0.2) is 17.6 Å². The molecule has 1 aromatic heterocycles. The molecule has 4 atom stereocenters. The van der Waals surface area contributed by atoms with Crippen molar-refractivity contribution in [3.63, 3.8) is 0 Å². The predicted molar refractivity (Wildman–Crippen MR) is 151 cm³/mol. The highest BCUT2D eigenvalue weighted by atomic mass is 79.9. The number of halogens is 5. The topological polar surface area (TPSA) is 96.3 Å². The number of carbonyl (C=O) groups excluding carboxylic acids is 3. The molecular formula is C29H30BrF4N5O3. The third-order valence-electron chi connectivity index (χ3n) is 7.50. The molecule has 2 aromatic carbocycles. The summed E-state index contributed by atoms with van der Waals surface area (Å²) in [6.45, 7) is 3.60. The fourth-order valence-electron chi connectivity index (χ4n) is 5.14. The summed E-state index contributed by atoms with van der Waals surface area (Å²) in [4.78, 5) is 39.7. The summed E-state index contributed by atoms with van der Waals surface area (Å²) in [6, 6.07) is 9.78. The van der Waals surface area contributed by atoms with Crippen LogP contribution in [0.3, 0.4) is 0 Å². The van der Waals surface area contributed by atoms with Gasteiger partial charge in [0.2, 0.25) is 18.1 Å². The van der Waals surface area contributed by atoms with Gasteiger partial charge < -0.3 is 15.5 Å². The molecule has 0 radical (unpaired) electrons. The first-order valence-corrected chi connectivity index (χ1v) is 14.1. The lowest BCUT2D eigenvalue weighted by Gasteiger charge is -2.26. The Morgan fingerprint density at radius 2 is 1.88 bits per heavy atom. The number of carbonyl (C=O) groups is 3. The smallest absolute Gasteiger partial charge is 0.287 e. The number of fused-ring (bicyclic) bond motifs is 1. The average molecular weight is 652 g/mol. The molecule has 224 valence electrons. The third kappa shape index (κ3) is 6.50. The summed E-state index contributed by atoms with van der Waals surface area (Å²) in [5.74, 6) is -4.55.